The molecule has 3 heteroatoms. The Kier molecular flexibility index (Phi) is 4.64. The van der Waals surface area contributed by atoms with Crippen LogP contribution in [0.4, 0.5) is 0 Å². The van der Waals surface area contributed by atoms with Crippen LogP contribution in [0.15, 0.2) is 24.3 Å². The van der Waals surface area contributed by atoms with Gasteiger partial charge in [0.2, 0.25) is 0 Å². The molecular formula is C18H29NO2. The predicted molar refractivity (Wildman–Crippen MR) is 86.9 cm³/mol. The van der Waals surface area contributed by atoms with Gasteiger partial charge in [-0.05, 0) is 29.0 Å². The molecule has 3 nitrogen and oxygen atoms in total. The van der Waals surface area contributed by atoms with Crippen LogP contribution in [-0.4, -0.2) is 41.8 Å². The lowest BCUT2D eigenvalue weighted by atomic mass is 9.83. The summed E-state index contributed by atoms with van der Waals surface area (Å²) >= 11 is 0. The molecule has 0 aromatic heterocycles. The Balaban J connectivity index is 1.73. The number of nitrogens with zero attached hydrogens (tertiary/aromatic N) is 1. The predicted octanol–water partition coefficient (Wildman–Crippen LogP) is 3.07. The van der Waals surface area contributed by atoms with E-state index in [-0.39, 0.29) is 5.41 Å². The van der Waals surface area contributed by atoms with E-state index in [4.69, 9.17) is 4.74 Å². The zero-order valence-corrected chi connectivity index (χ0v) is 14.0. The minimum absolute atomic E-state index is 0.178. The lowest BCUT2D eigenvalue weighted by Crippen LogP contribution is -2.64. The molecule has 1 aliphatic rings. The van der Waals surface area contributed by atoms with Crippen molar-refractivity contribution in [2.24, 2.45) is 5.92 Å². The van der Waals surface area contributed by atoms with E-state index in [9.17, 15) is 5.11 Å². The average molecular weight is 291 g/mol. The highest BCUT2D eigenvalue weighted by Crippen LogP contribution is 2.28. The number of aliphatic hydroxyl groups is 1. The highest BCUT2D eigenvalue weighted by Gasteiger charge is 2.43. The summed E-state index contributed by atoms with van der Waals surface area (Å²) in [6.45, 7) is 13.8. The number of hydrogen-bond acceptors (Lipinski definition) is 3. The summed E-state index contributed by atoms with van der Waals surface area (Å²) in [6.07, 6.45) is 0. The van der Waals surface area contributed by atoms with Gasteiger partial charge in [-0.15, -0.1) is 0 Å². The van der Waals surface area contributed by atoms with Crippen LogP contribution in [0.2, 0.25) is 0 Å². The van der Waals surface area contributed by atoms with E-state index in [0.717, 1.165) is 25.4 Å². The Labute approximate surface area is 128 Å². The van der Waals surface area contributed by atoms with Gasteiger partial charge in [-0.2, -0.15) is 0 Å². The summed E-state index contributed by atoms with van der Waals surface area (Å²) in [5.41, 5.74) is 1.01. The molecule has 0 bridgehead atoms. The van der Waals surface area contributed by atoms with Gasteiger partial charge in [0.05, 0.1) is 5.60 Å². The normalized spacial score (nSPS) is 18.6. The largest absolute Gasteiger partial charge is 0.492 e. The van der Waals surface area contributed by atoms with E-state index in [1.165, 1.54) is 5.56 Å². The lowest BCUT2D eigenvalue weighted by molar-refractivity contribution is -0.129. The molecule has 1 saturated heterocycles. The standard InChI is InChI=1S/C18H29NO2/c1-14(2)18(20)12-19(13-18)10-11-21-16-8-6-15(7-9-16)17(3,4)5/h6-9,14,20H,10-13H2,1-5H3. The Morgan fingerprint density at radius 3 is 2.24 bits per heavy atom. The quantitative estimate of drug-likeness (QED) is 0.905. The summed E-state index contributed by atoms with van der Waals surface area (Å²) < 4.78 is 5.79. The number of rotatable bonds is 5. The third-order valence-electron chi connectivity index (χ3n) is 4.47. The summed E-state index contributed by atoms with van der Waals surface area (Å²) in [5.74, 6) is 1.24. The Bertz CT molecular complexity index is 453. The number of β-amino-alcohol motifs (C(OH)–C–C–N with tert-alkyl or cyclic N) is 1. The van der Waals surface area contributed by atoms with Crippen molar-refractivity contribution in [1.29, 1.82) is 0 Å². The van der Waals surface area contributed by atoms with E-state index >= 15 is 0 Å². The molecule has 1 N–H and O–H groups in total. The highest BCUT2D eigenvalue weighted by atomic mass is 16.5. The van der Waals surface area contributed by atoms with Crippen molar-refractivity contribution in [2.45, 2.75) is 45.6 Å². The van der Waals surface area contributed by atoms with Crippen LogP contribution in [0.25, 0.3) is 0 Å². The number of hydrogen-bond donors (Lipinski definition) is 1. The monoisotopic (exact) mass is 291 g/mol. The fraction of sp³-hybridized carbons (Fsp3) is 0.667. The molecule has 1 heterocycles. The molecule has 21 heavy (non-hydrogen) atoms. The molecule has 1 fully saturated rings. The SMILES string of the molecule is CC(C)C1(O)CN(CCOc2ccc(C(C)(C)C)cc2)C1. The molecule has 0 atom stereocenters. The lowest BCUT2D eigenvalue weighted by Gasteiger charge is -2.49. The molecule has 0 spiro atoms. The molecular weight excluding hydrogens is 262 g/mol. The van der Waals surface area contributed by atoms with Crippen molar-refractivity contribution in [3.63, 3.8) is 0 Å². The van der Waals surface area contributed by atoms with Gasteiger partial charge < -0.3 is 9.84 Å². The highest BCUT2D eigenvalue weighted by molar-refractivity contribution is 5.31. The number of benzene rings is 1. The van der Waals surface area contributed by atoms with Crippen molar-refractivity contribution in [2.75, 3.05) is 26.2 Å². The second-order valence-corrected chi connectivity index (χ2v) is 7.59. The van der Waals surface area contributed by atoms with Crippen LogP contribution in [0.1, 0.15) is 40.2 Å². The van der Waals surface area contributed by atoms with E-state index in [1.807, 2.05) is 12.1 Å². The molecule has 0 saturated carbocycles. The van der Waals surface area contributed by atoms with Gasteiger partial charge in [-0.25, -0.2) is 0 Å². The van der Waals surface area contributed by atoms with Crippen LogP contribution in [0, 0.1) is 5.92 Å². The molecule has 0 amide bonds. The van der Waals surface area contributed by atoms with Gasteiger partial charge in [0, 0.05) is 19.6 Å². The number of ether oxygens (including phenoxy) is 1. The van der Waals surface area contributed by atoms with Crippen LogP contribution in [0.3, 0.4) is 0 Å². The first-order chi connectivity index (χ1) is 9.71. The van der Waals surface area contributed by atoms with Crippen molar-refractivity contribution >= 4 is 0 Å². The van der Waals surface area contributed by atoms with Crippen LogP contribution < -0.4 is 4.74 Å². The maximum absolute atomic E-state index is 10.2. The fourth-order valence-electron chi connectivity index (χ4n) is 2.60. The Morgan fingerprint density at radius 2 is 1.76 bits per heavy atom. The summed E-state index contributed by atoms with van der Waals surface area (Å²) in [7, 11) is 0. The minimum Gasteiger partial charge on any atom is -0.492 e. The van der Waals surface area contributed by atoms with Gasteiger partial charge >= 0.3 is 0 Å². The van der Waals surface area contributed by atoms with Crippen molar-refractivity contribution in [3.8, 4) is 5.75 Å². The third kappa shape index (κ3) is 3.98. The smallest absolute Gasteiger partial charge is 0.119 e. The van der Waals surface area contributed by atoms with E-state index in [2.05, 4.69) is 51.7 Å². The first kappa shape index (κ1) is 16.3. The Morgan fingerprint density at radius 1 is 1.19 bits per heavy atom. The van der Waals surface area contributed by atoms with Crippen LogP contribution in [0.5, 0.6) is 5.75 Å². The molecule has 1 aliphatic heterocycles. The summed E-state index contributed by atoms with van der Waals surface area (Å²) in [6, 6.07) is 8.36. The van der Waals surface area contributed by atoms with Gasteiger partial charge in [-0.1, -0.05) is 46.8 Å². The summed E-state index contributed by atoms with van der Waals surface area (Å²) in [5, 5.41) is 10.2. The van der Waals surface area contributed by atoms with Crippen LogP contribution >= 0.6 is 0 Å². The minimum atomic E-state index is -0.492. The van der Waals surface area contributed by atoms with Gasteiger partial charge in [0.25, 0.3) is 0 Å². The second kappa shape index (κ2) is 5.98. The zero-order valence-electron chi connectivity index (χ0n) is 14.0. The fourth-order valence-corrected chi connectivity index (χ4v) is 2.60. The first-order valence-corrected chi connectivity index (χ1v) is 7.89. The van der Waals surface area contributed by atoms with Crippen LogP contribution in [-0.2, 0) is 5.41 Å². The average Bonchev–Trinajstić information content (AvgIpc) is 2.35. The molecule has 0 radical (unpaired) electrons. The first-order valence-electron chi connectivity index (χ1n) is 7.89. The molecule has 0 unspecified atom stereocenters. The second-order valence-electron chi connectivity index (χ2n) is 7.59. The molecule has 1 aromatic rings. The van der Waals surface area contributed by atoms with E-state index < -0.39 is 5.60 Å². The summed E-state index contributed by atoms with van der Waals surface area (Å²) in [4.78, 5) is 2.24. The zero-order chi connectivity index (χ0) is 15.7. The van der Waals surface area contributed by atoms with Crippen molar-refractivity contribution < 1.29 is 9.84 Å². The van der Waals surface area contributed by atoms with Crippen molar-refractivity contribution in [3.05, 3.63) is 29.8 Å². The van der Waals surface area contributed by atoms with Crippen molar-refractivity contribution in [1.82, 2.24) is 4.90 Å². The maximum atomic E-state index is 10.2. The molecule has 2 rings (SSSR count). The molecule has 118 valence electrons. The van der Waals surface area contributed by atoms with Gasteiger partial charge in [0.1, 0.15) is 12.4 Å². The molecule has 0 aliphatic carbocycles. The number of likely N-dealkylation sites (tertiary alicyclic amines) is 1. The maximum Gasteiger partial charge on any atom is 0.119 e. The van der Waals surface area contributed by atoms with E-state index in [0.29, 0.717) is 12.5 Å². The van der Waals surface area contributed by atoms with Gasteiger partial charge in [-0.3, -0.25) is 4.90 Å². The molecule has 1 aromatic carbocycles. The third-order valence-corrected chi connectivity index (χ3v) is 4.47. The topological polar surface area (TPSA) is 32.7 Å². The Hall–Kier alpha value is -1.06. The van der Waals surface area contributed by atoms with Gasteiger partial charge in [0.15, 0.2) is 0 Å². The van der Waals surface area contributed by atoms with E-state index in [1.54, 1.807) is 0 Å².